The standard InChI is InChI=1S/C19H39NO2/c1-18(20)16-14-12-10-8-6-4-2-3-5-7-9-11-13-15-17-19(21)22/h18H,2-17,20H2,1H3,(H,21,22). The van der Waals surface area contributed by atoms with E-state index in [0.717, 1.165) is 12.8 Å². The molecule has 0 rings (SSSR count). The lowest BCUT2D eigenvalue weighted by Gasteiger charge is -2.05. The molecule has 0 bridgehead atoms. The van der Waals surface area contributed by atoms with Crippen LogP contribution in [0.2, 0.25) is 0 Å². The Morgan fingerprint density at radius 1 is 0.727 bits per heavy atom. The smallest absolute Gasteiger partial charge is 0.303 e. The second-order valence-electron chi connectivity index (χ2n) is 6.86. The lowest BCUT2D eigenvalue weighted by atomic mass is 10.0. The predicted molar refractivity (Wildman–Crippen MR) is 95.2 cm³/mol. The molecule has 0 spiro atoms. The van der Waals surface area contributed by atoms with Crippen LogP contribution in [0, 0.1) is 0 Å². The van der Waals surface area contributed by atoms with Crippen molar-refractivity contribution < 1.29 is 9.90 Å². The Morgan fingerprint density at radius 2 is 1.05 bits per heavy atom. The Hall–Kier alpha value is -0.570. The molecular weight excluding hydrogens is 274 g/mol. The normalized spacial score (nSPS) is 12.5. The van der Waals surface area contributed by atoms with Crippen LogP contribution in [-0.4, -0.2) is 17.1 Å². The topological polar surface area (TPSA) is 63.3 Å². The zero-order valence-corrected chi connectivity index (χ0v) is 14.8. The van der Waals surface area contributed by atoms with E-state index in [9.17, 15) is 4.79 Å². The van der Waals surface area contributed by atoms with Crippen molar-refractivity contribution in [3.05, 3.63) is 0 Å². The number of rotatable bonds is 17. The minimum absolute atomic E-state index is 0.339. The van der Waals surface area contributed by atoms with E-state index in [0.29, 0.717) is 12.5 Å². The van der Waals surface area contributed by atoms with Crippen LogP contribution in [0.4, 0.5) is 0 Å². The molecule has 0 aliphatic heterocycles. The first kappa shape index (κ1) is 21.4. The van der Waals surface area contributed by atoms with Crippen LogP contribution < -0.4 is 5.73 Å². The minimum atomic E-state index is -0.658. The third-order valence-corrected chi connectivity index (χ3v) is 4.30. The molecule has 0 radical (unpaired) electrons. The quantitative estimate of drug-likeness (QED) is 0.340. The van der Waals surface area contributed by atoms with Gasteiger partial charge in [-0.3, -0.25) is 4.79 Å². The van der Waals surface area contributed by atoms with E-state index in [1.54, 1.807) is 0 Å². The molecule has 0 aliphatic rings. The van der Waals surface area contributed by atoms with Crippen LogP contribution in [0.5, 0.6) is 0 Å². The van der Waals surface area contributed by atoms with Crippen molar-refractivity contribution in [2.75, 3.05) is 0 Å². The van der Waals surface area contributed by atoms with Crippen molar-refractivity contribution >= 4 is 5.97 Å². The molecule has 22 heavy (non-hydrogen) atoms. The number of hydrogen-bond donors (Lipinski definition) is 2. The summed E-state index contributed by atoms with van der Waals surface area (Å²) in [4.78, 5) is 10.4. The van der Waals surface area contributed by atoms with Gasteiger partial charge in [-0.2, -0.15) is 0 Å². The average Bonchev–Trinajstić information content (AvgIpc) is 2.46. The summed E-state index contributed by atoms with van der Waals surface area (Å²) in [7, 11) is 0. The van der Waals surface area contributed by atoms with Gasteiger partial charge in [0.25, 0.3) is 0 Å². The van der Waals surface area contributed by atoms with Gasteiger partial charge >= 0.3 is 5.97 Å². The molecule has 0 aromatic heterocycles. The monoisotopic (exact) mass is 313 g/mol. The Balaban J connectivity index is 2.98. The lowest BCUT2D eigenvalue weighted by molar-refractivity contribution is -0.137. The summed E-state index contributed by atoms with van der Waals surface area (Å²) in [5, 5.41) is 8.53. The predicted octanol–water partition coefficient (Wildman–Crippen LogP) is 5.66. The van der Waals surface area contributed by atoms with Gasteiger partial charge in [0, 0.05) is 12.5 Å². The Morgan fingerprint density at radius 3 is 1.36 bits per heavy atom. The largest absolute Gasteiger partial charge is 0.481 e. The zero-order chi connectivity index (χ0) is 16.5. The summed E-state index contributed by atoms with van der Waals surface area (Å²) < 4.78 is 0. The molecule has 0 aromatic carbocycles. The molecule has 0 amide bonds. The van der Waals surface area contributed by atoms with E-state index in [-0.39, 0.29) is 0 Å². The first-order valence-electron chi connectivity index (χ1n) is 9.60. The van der Waals surface area contributed by atoms with E-state index in [2.05, 4.69) is 6.92 Å². The molecule has 0 aromatic rings. The fraction of sp³-hybridized carbons (Fsp3) is 0.947. The van der Waals surface area contributed by atoms with Gasteiger partial charge in [-0.1, -0.05) is 83.5 Å². The maximum absolute atomic E-state index is 10.4. The SMILES string of the molecule is CC(N)CCCCCCCCCCCCCCCCC(=O)O. The molecule has 0 saturated heterocycles. The summed E-state index contributed by atoms with van der Waals surface area (Å²) >= 11 is 0. The molecule has 132 valence electrons. The van der Waals surface area contributed by atoms with Crippen LogP contribution in [-0.2, 0) is 4.79 Å². The number of aliphatic carboxylic acids is 1. The number of carboxylic acids is 1. The van der Waals surface area contributed by atoms with Crippen molar-refractivity contribution in [1.82, 2.24) is 0 Å². The van der Waals surface area contributed by atoms with Gasteiger partial charge in [0.05, 0.1) is 0 Å². The molecule has 3 nitrogen and oxygen atoms in total. The molecule has 0 heterocycles. The summed E-state index contributed by atoms with van der Waals surface area (Å²) in [5.41, 5.74) is 5.74. The van der Waals surface area contributed by atoms with Crippen molar-refractivity contribution in [3.63, 3.8) is 0 Å². The molecule has 0 saturated carbocycles. The number of nitrogens with two attached hydrogens (primary N) is 1. The van der Waals surface area contributed by atoms with E-state index < -0.39 is 5.97 Å². The van der Waals surface area contributed by atoms with Gasteiger partial charge in [0.15, 0.2) is 0 Å². The number of hydrogen-bond acceptors (Lipinski definition) is 2. The first-order chi connectivity index (χ1) is 10.6. The second kappa shape index (κ2) is 16.8. The molecule has 0 aliphatic carbocycles. The van der Waals surface area contributed by atoms with Crippen LogP contribution in [0.25, 0.3) is 0 Å². The van der Waals surface area contributed by atoms with Gasteiger partial charge in [-0.15, -0.1) is 0 Å². The molecule has 1 atom stereocenters. The highest BCUT2D eigenvalue weighted by atomic mass is 16.4. The van der Waals surface area contributed by atoms with Gasteiger partial charge in [-0.25, -0.2) is 0 Å². The molecule has 0 fully saturated rings. The highest BCUT2D eigenvalue weighted by Crippen LogP contribution is 2.13. The summed E-state index contributed by atoms with van der Waals surface area (Å²) in [6, 6.07) is 0.372. The van der Waals surface area contributed by atoms with Gasteiger partial charge in [-0.05, 0) is 19.8 Å². The van der Waals surface area contributed by atoms with E-state index >= 15 is 0 Å². The Labute approximate surface area is 138 Å². The third-order valence-electron chi connectivity index (χ3n) is 4.30. The van der Waals surface area contributed by atoms with Crippen molar-refractivity contribution in [3.8, 4) is 0 Å². The highest BCUT2D eigenvalue weighted by molar-refractivity contribution is 5.66. The van der Waals surface area contributed by atoms with E-state index in [1.807, 2.05) is 0 Å². The second-order valence-corrected chi connectivity index (χ2v) is 6.86. The molecule has 3 N–H and O–H groups in total. The van der Waals surface area contributed by atoms with Crippen molar-refractivity contribution in [2.45, 2.75) is 116 Å². The van der Waals surface area contributed by atoms with Crippen LogP contribution in [0.1, 0.15) is 110 Å². The van der Waals surface area contributed by atoms with Gasteiger partial charge < -0.3 is 10.8 Å². The fourth-order valence-corrected chi connectivity index (χ4v) is 2.86. The van der Waals surface area contributed by atoms with Crippen molar-refractivity contribution in [1.29, 1.82) is 0 Å². The minimum Gasteiger partial charge on any atom is -0.481 e. The first-order valence-corrected chi connectivity index (χ1v) is 9.60. The number of unbranched alkanes of at least 4 members (excludes halogenated alkanes) is 13. The maximum atomic E-state index is 10.4. The number of carbonyl (C=O) groups is 1. The maximum Gasteiger partial charge on any atom is 0.303 e. The Bertz CT molecular complexity index is 242. The van der Waals surface area contributed by atoms with Crippen LogP contribution in [0.3, 0.4) is 0 Å². The van der Waals surface area contributed by atoms with Crippen LogP contribution >= 0.6 is 0 Å². The van der Waals surface area contributed by atoms with Gasteiger partial charge in [0.1, 0.15) is 0 Å². The summed E-state index contributed by atoms with van der Waals surface area (Å²) in [6.07, 6.45) is 19.6. The fourth-order valence-electron chi connectivity index (χ4n) is 2.86. The highest BCUT2D eigenvalue weighted by Gasteiger charge is 1.97. The van der Waals surface area contributed by atoms with Gasteiger partial charge in [0.2, 0.25) is 0 Å². The summed E-state index contributed by atoms with van der Waals surface area (Å²) in [5.74, 6) is -0.658. The zero-order valence-electron chi connectivity index (χ0n) is 14.8. The Kier molecular flexibility index (Phi) is 16.4. The third kappa shape index (κ3) is 19.4. The molecule has 1 unspecified atom stereocenters. The average molecular weight is 314 g/mol. The molecular formula is C19H39NO2. The summed E-state index contributed by atoms with van der Waals surface area (Å²) in [6.45, 7) is 2.09. The van der Waals surface area contributed by atoms with E-state index in [1.165, 1.54) is 83.5 Å². The van der Waals surface area contributed by atoms with E-state index in [4.69, 9.17) is 10.8 Å². The van der Waals surface area contributed by atoms with Crippen LogP contribution in [0.15, 0.2) is 0 Å². The number of carboxylic acid groups (broad SMARTS) is 1. The van der Waals surface area contributed by atoms with Crippen molar-refractivity contribution in [2.24, 2.45) is 5.73 Å². The lowest BCUT2D eigenvalue weighted by Crippen LogP contribution is -2.13. The molecule has 3 heteroatoms.